The molecule has 20 heavy (non-hydrogen) atoms. The molecule has 0 spiro atoms. The van der Waals surface area contributed by atoms with Gasteiger partial charge in [-0.1, -0.05) is 51.4 Å². The van der Waals surface area contributed by atoms with Crippen molar-refractivity contribution in [1.29, 1.82) is 0 Å². The Bertz CT molecular complexity index is 209. The summed E-state index contributed by atoms with van der Waals surface area (Å²) in [5.74, 6) is 0. The Morgan fingerprint density at radius 2 is 1.45 bits per heavy atom. The van der Waals surface area contributed by atoms with E-state index in [4.69, 9.17) is 9.47 Å². The first-order valence-corrected chi connectivity index (χ1v) is 8.66. The molecule has 0 aromatic rings. The molecule has 0 heterocycles. The summed E-state index contributed by atoms with van der Waals surface area (Å²) in [5, 5.41) is 3.49. The van der Waals surface area contributed by atoms with Gasteiger partial charge < -0.3 is 14.8 Å². The predicted molar refractivity (Wildman–Crippen MR) is 85.3 cm³/mol. The molecule has 2 atom stereocenters. The molecule has 0 aromatic carbocycles. The summed E-state index contributed by atoms with van der Waals surface area (Å²) in [5.41, 5.74) is 0. The van der Waals surface area contributed by atoms with E-state index < -0.39 is 0 Å². The number of hydrogen-bond donors (Lipinski definition) is 1. The van der Waals surface area contributed by atoms with Crippen molar-refractivity contribution < 1.29 is 9.47 Å². The Labute approximate surface area is 125 Å². The Hall–Kier alpha value is -0.120. The predicted octanol–water partition coefficient (Wildman–Crippen LogP) is 3.91. The normalized spacial score (nSPS) is 26.7. The van der Waals surface area contributed by atoms with Gasteiger partial charge in [0.2, 0.25) is 0 Å². The van der Waals surface area contributed by atoms with Crippen LogP contribution in [0.1, 0.15) is 70.6 Å². The standard InChI is InChI=1S/C17H35NO2/c1-18-16-12-9-7-5-3-4-6-8-10-13-17(16)20-15-11-14-19-2/h16-18H,3-15H2,1-2H3. The maximum atomic E-state index is 6.15. The molecule has 3 heteroatoms. The van der Waals surface area contributed by atoms with Crippen LogP contribution in [-0.2, 0) is 9.47 Å². The molecular formula is C17H35NO2. The number of likely N-dealkylation sites (N-methyl/N-ethyl adjacent to an activating group) is 1. The molecule has 0 saturated heterocycles. The van der Waals surface area contributed by atoms with Crippen LogP contribution in [-0.4, -0.2) is 39.5 Å². The largest absolute Gasteiger partial charge is 0.385 e. The Kier molecular flexibility index (Phi) is 11.3. The van der Waals surface area contributed by atoms with E-state index in [1.165, 1.54) is 64.2 Å². The van der Waals surface area contributed by atoms with Crippen molar-refractivity contribution in [3.05, 3.63) is 0 Å². The minimum atomic E-state index is 0.385. The summed E-state index contributed by atoms with van der Waals surface area (Å²) in [6.07, 6.45) is 14.9. The van der Waals surface area contributed by atoms with Crippen LogP contribution < -0.4 is 5.32 Å². The van der Waals surface area contributed by atoms with E-state index in [-0.39, 0.29) is 0 Å². The number of rotatable bonds is 6. The van der Waals surface area contributed by atoms with Crippen LogP contribution in [0.3, 0.4) is 0 Å². The summed E-state index contributed by atoms with van der Waals surface area (Å²) in [6.45, 7) is 1.63. The second kappa shape index (κ2) is 12.6. The third-order valence-electron chi connectivity index (χ3n) is 4.40. The molecule has 1 aliphatic rings. The fourth-order valence-corrected chi connectivity index (χ4v) is 3.13. The van der Waals surface area contributed by atoms with E-state index in [2.05, 4.69) is 12.4 Å². The summed E-state index contributed by atoms with van der Waals surface area (Å²) in [6, 6.07) is 0.525. The first-order chi connectivity index (χ1) is 9.88. The van der Waals surface area contributed by atoms with Crippen molar-refractivity contribution in [1.82, 2.24) is 5.32 Å². The van der Waals surface area contributed by atoms with E-state index in [9.17, 15) is 0 Å². The average Bonchev–Trinajstić information content (AvgIpc) is 2.46. The topological polar surface area (TPSA) is 30.5 Å². The van der Waals surface area contributed by atoms with Gasteiger partial charge in [0.05, 0.1) is 6.10 Å². The van der Waals surface area contributed by atoms with Crippen molar-refractivity contribution in [2.75, 3.05) is 27.4 Å². The molecular weight excluding hydrogens is 250 g/mol. The lowest BCUT2D eigenvalue weighted by Crippen LogP contribution is -2.39. The fourth-order valence-electron chi connectivity index (χ4n) is 3.13. The Balaban J connectivity index is 2.38. The van der Waals surface area contributed by atoms with Crippen LogP contribution in [0.4, 0.5) is 0 Å². The van der Waals surface area contributed by atoms with Crippen molar-refractivity contribution in [3.8, 4) is 0 Å². The highest BCUT2D eigenvalue weighted by molar-refractivity contribution is 4.76. The third kappa shape index (κ3) is 8.23. The van der Waals surface area contributed by atoms with E-state index in [0.717, 1.165) is 19.6 Å². The van der Waals surface area contributed by atoms with Gasteiger partial charge in [0.1, 0.15) is 0 Å². The lowest BCUT2D eigenvalue weighted by Gasteiger charge is -2.28. The van der Waals surface area contributed by atoms with Gasteiger partial charge in [-0.25, -0.2) is 0 Å². The summed E-state index contributed by atoms with van der Waals surface area (Å²) < 4.78 is 11.3. The van der Waals surface area contributed by atoms with Crippen LogP contribution >= 0.6 is 0 Å². The Morgan fingerprint density at radius 3 is 2.05 bits per heavy atom. The van der Waals surface area contributed by atoms with E-state index in [1.807, 2.05) is 0 Å². The van der Waals surface area contributed by atoms with Gasteiger partial charge in [0.15, 0.2) is 0 Å². The molecule has 3 nitrogen and oxygen atoms in total. The highest BCUT2D eigenvalue weighted by Gasteiger charge is 2.20. The number of methoxy groups -OCH3 is 1. The zero-order chi connectivity index (χ0) is 14.5. The molecule has 0 aromatic heterocycles. The molecule has 1 rings (SSSR count). The quantitative estimate of drug-likeness (QED) is 0.751. The van der Waals surface area contributed by atoms with Crippen molar-refractivity contribution in [3.63, 3.8) is 0 Å². The zero-order valence-electron chi connectivity index (χ0n) is 13.7. The number of ether oxygens (including phenoxy) is 2. The minimum Gasteiger partial charge on any atom is -0.385 e. The highest BCUT2D eigenvalue weighted by Crippen LogP contribution is 2.19. The molecule has 0 bridgehead atoms. The third-order valence-corrected chi connectivity index (χ3v) is 4.40. The first kappa shape index (κ1) is 17.9. The zero-order valence-corrected chi connectivity index (χ0v) is 13.7. The molecule has 120 valence electrons. The smallest absolute Gasteiger partial charge is 0.0727 e. The molecule has 1 N–H and O–H groups in total. The molecule has 1 fully saturated rings. The van der Waals surface area contributed by atoms with E-state index in [0.29, 0.717) is 12.1 Å². The molecule has 0 amide bonds. The van der Waals surface area contributed by atoms with Crippen LogP contribution in [0.15, 0.2) is 0 Å². The van der Waals surface area contributed by atoms with Gasteiger partial charge in [-0.3, -0.25) is 0 Å². The number of hydrogen-bond acceptors (Lipinski definition) is 3. The highest BCUT2D eigenvalue weighted by atomic mass is 16.5. The van der Waals surface area contributed by atoms with Gasteiger partial charge in [0.25, 0.3) is 0 Å². The van der Waals surface area contributed by atoms with Crippen LogP contribution in [0.2, 0.25) is 0 Å². The van der Waals surface area contributed by atoms with Gasteiger partial charge in [0, 0.05) is 26.4 Å². The van der Waals surface area contributed by atoms with Crippen molar-refractivity contribution in [2.45, 2.75) is 82.8 Å². The molecule has 2 unspecified atom stereocenters. The first-order valence-electron chi connectivity index (χ1n) is 8.66. The van der Waals surface area contributed by atoms with Gasteiger partial charge >= 0.3 is 0 Å². The van der Waals surface area contributed by atoms with Crippen LogP contribution in [0.5, 0.6) is 0 Å². The second-order valence-corrected chi connectivity index (χ2v) is 6.06. The summed E-state index contributed by atoms with van der Waals surface area (Å²) in [4.78, 5) is 0. The van der Waals surface area contributed by atoms with E-state index >= 15 is 0 Å². The van der Waals surface area contributed by atoms with Gasteiger partial charge in [-0.15, -0.1) is 0 Å². The maximum Gasteiger partial charge on any atom is 0.0727 e. The maximum absolute atomic E-state index is 6.15. The molecule has 0 radical (unpaired) electrons. The summed E-state index contributed by atoms with van der Waals surface area (Å²) in [7, 11) is 3.84. The second-order valence-electron chi connectivity index (χ2n) is 6.06. The fraction of sp³-hybridized carbons (Fsp3) is 1.00. The number of nitrogens with one attached hydrogen (secondary N) is 1. The Morgan fingerprint density at radius 1 is 0.850 bits per heavy atom. The lowest BCUT2D eigenvalue weighted by atomic mass is 9.96. The van der Waals surface area contributed by atoms with Crippen molar-refractivity contribution >= 4 is 0 Å². The van der Waals surface area contributed by atoms with E-state index in [1.54, 1.807) is 7.11 Å². The minimum absolute atomic E-state index is 0.385. The summed E-state index contributed by atoms with van der Waals surface area (Å²) >= 11 is 0. The monoisotopic (exact) mass is 285 g/mol. The van der Waals surface area contributed by atoms with Crippen molar-refractivity contribution in [2.24, 2.45) is 0 Å². The molecule has 1 aliphatic carbocycles. The lowest BCUT2D eigenvalue weighted by molar-refractivity contribution is 0.00883. The molecule has 1 saturated carbocycles. The molecule has 0 aliphatic heterocycles. The van der Waals surface area contributed by atoms with Crippen LogP contribution in [0, 0.1) is 0 Å². The SMILES string of the molecule is CNC1CCCCCCCCCCC1OCCCOC. The average molecular weight is 285 g/mol. The van der Waals surface area contributed by atoms with Gasteiger partial charge in [-0.05, 0) is 26.3 Å². The van der Waals surface area contributed by atoms with Crippen LogP contribution in [0.25, 0.3) is 0 Å². The van der Waals surface area contributed by atoms with Gasteiger partial charge in [-0.2, -0.15) is 0 Å².